The van der Waals surface area contributed by atoms with Crippen LogP contribution in [0.25, 0.3) is 21.8 Å². The second kappa shape index (κ2) is 4.82. The molecule has 0 bridgehead atoms. The largest absolute Gasteiger partial charge is 0.398 e. The molecule has 0 radical (unpaired) electrons. The third-order valence-electron chi connectivity index (χ3n) is 7.53. The van der Waals surface area contributed by atoms with Crippen LogP contribution in [-0.4, -0.2) is 0 Å². The molecule has 28 heavy (non-hydrogen) atoms. The van der Waals surface area contributed by atoms with Gasteiger partial charge >= 0.3 is 0 Å². The number of aromatic amines is 2. The van der Waals surface area contributed by atoms with E-state index in [0.29, 0.717) is 0 Å². The van der Waals surface area contributed by atoms with E-state index >= 15 is 0 Å². The summed E-state index contributed by atoms with van der Waals surface area (Å²) in [6, 6.07) is 16.6. The Morgan fingerprint density at radius 1 is 0.679 bits per heavy atom. The van der Waals surface area contributed by atoms with Gasteiger partial charge in [-0.05, 0) is 12.1 Å². The first-order chi connectivity index (χ1) is 13.4. The van der Waals surface area contributed by atoms with Crippen LogP contribution in [0.5, 0.6) is 0 Å². The Kier molecular flexibility index (Phi) is 2.73. The SMILES string of the molecule is C[C@@]12Cc3[nH+]c4ccccc4c(N)c3[C@]1(C)Cc1[nH+]c3ccccc3c(N)c12. The van der Waals surface area contributed by atoms with Crippen molar-refractivity contribution in [1.29, 1.82) is 0 Å². The van der Waals surface area contributed by atoms with Crippen LogP contribution < -0.4 is 21.4 Å². The van der Waals surface area contributed by atoms with E-state index in [4.69, 9.17) is 11.5 Å². The van der Waals surface area contributed by atoms with Crippen molar-refractivity contribution in [2.75, 3.05) is 11.5 Å². The number of pyridine rings is 2. The fraction of sp³-hybridized carbons (Fsp3) is 0.250. The minimum Gasteiger partial charge on any atom is -0.398 e. The van der Waals surface area contributed by atoms with Gasteiger partial charge in [-0.25, -0.2) is 9.97 Å². The second-order valence-corrected chi connectivity index (χ2v) is 8.89. The highest BCUT2D eigenvalue weighted by Gasteiger charge is 2.64. The van der Waals surface area contributed by atoms with Gasteiger partial charge in [-0.1, -0.05) is 38.1 Å². The van der Waals surface area contributed by atoms with E-state index in [0.717, 1.165) is 46.0 Å². The molecule has 138 valence electrons. The fourth-order valence-corrected chi connectivity index (χ4v) is 6.05. The minimum atomic E-state index is -0.0999. The highest BCUT2D eigenvalue weighted by atomic mass is 14.8. The zero-order valence-corrected chi connectivity index (χ0v) is 16.2. The van der Waals surface area contributed by atoms with Crippen LogP contribution in [0.3, 0.4) is 0 Å². The molecule has 6 N–H and O–H groups in total. The van der Waals surface area contributed by atoms with Crippen molar-refractivity contribution in [3.63, 3.8) is 0 Å². The Bertz CT molecular complexity index is 1220. The molecule has 6 rings (SSSR count). The fourth-order valence-electron chi connectivity index (χ4n) is 6.05. The summed E-state index contributed by atoms with van der Waals surface area (Å²) >= 11 is 0. The average Bonchev–Trinajstić information content (AvgIpc) is 3.02. The Hall–Kier alpha value is -3.14. The molecule has 0 saturated heterocycles. The first kappa shape index (κ1) is 15.9. The van der Waals surface area contributed by atoms with Crippen LogP contribution in [0.1, 0.15) is 36.4 Å². The summed E-state index contributed by atoms with van der Waals surface area (Å²) in [6.45, 7) is 4.71. The lowest BCUT2D eigenvalue weighted by atomic mass is 9.66. The maximum absolute atomic E-state index is 6.78. The lowest BCUT2D eigenvalue weighted by Gasteiger charge is -2.34. The van der Waals surface area contributed by atoms with Crippen molar-refractivity contribution < 1.29 is 9.97 Å². The molecule has 2 aliphatic carbocycles. The predicted octanol–water partition coefficient (Wildman–Crippen LogP) is 3.11. The predicted molar refractivity (Wildman–Crippen MR) is 112 cm³/mol. The Balaban J connectivity index is 1.68. The molecule has 2 aliphatic rings. The number of H-pyrrole nitrogens is 2. The molecule has 4 aromatic rings. The Labute approximate surface area is 163 Å². The highest BCUT2D eigenvalue weighted by Crippen LogP contribution is 2.61. The monoisotopic (exact) mass is 368 g/mol. The number of benzene rings is 2. The number of rotatable bonds is 0. The molecule has 2 aromatic carbocycles. The number of nitrogen functional groups attached to an aromatic ring is 2. The second-order valence-electron chi connectivity index (χ2n) is 8.89. The van der Waals surface area contributed by atoms with Crippen molar-refractivity contribution in [1.82, 2.24) is 0 Å². The lowest BCUT2D eigenvalue weighted by molar-refractivity contribution is -0.359. The molecule has 2 atom stereocenters. The van der Waals surface area contributed by atoms with Gasteiger partial charge in [0.2, 0.25) is 11.0 Å². The van der Waals surface area contributed by atoms with E-state index in [9.17, 15) is 0 Å². The van der Waals surface area contributed by atoms with Gasteiger partial charge < -0.3 is 11.5 Å². The van der Waals surface area contributed by atoms with Crippen molar-refractivity contribution >= 4 is 33.2 Å². The summed E-state index contributed by atoms with van der Waals surface area (Å²) in [5.41, 5.74) is 22.4. The Morgan fingerprint density at radius 3 is 1.50 bits per heavy atom. The Morgan fingerprint density at radius 2 is 1.07 bits per heavy atom. The van der Waals surface area contributed by atoms with E-state index in [1.54, 1.807) is 0 Å². The number of aromatic nitrogens is 2. The number of para-hydroxylation sites is 2. The molecule has 2 aromatic heterocycles. The molecule has 0 saturated carbocycles. The normalized spacial score (nSPS) is 25.1. The van der Waals surface area contributed by atoms with E-state index in [-0.39, 0.29) is 10.8 Å². The number of nitrogens with two attached hydrogens (primary N) is 2. The molecule has 0 amide bonds. The van der Waals surface area contributed by atoms with Crippen LogP contribution in [0.2, 0.25) is 0 Å². The summed E-state index contributed by atoms with van der Waals surface area (Å²) in [6.07, 6.45) is 1.83. The van der Waals surface area contributed by atoms with Gasteiger partial charge in [-0.15, -0.1) is 0 Å². The zero-order chi connectivity index (χ0) is 19.3. The van der Waals surface area contributed by atoms with Gasteiger partial charge in [0, 0.05) is 35.8 Å². The van der Waals surface area contributed by atoms with Gasteiger partial charge in [0.1, 0.15) is 0 Å². The smallest absolute Gasteiger partial charge is 0.213 e. The number of fused-ring (bicyclic) bond motifs is 7. The van der Waals surface area contributed by atoms with E-state index in [1.165, 1.54) is 22.5 Å². The summed E-state index contributed by atoms with van der Waals surface area (Å²) in [5, 5.41) is 2.20. The molecular formula is C24H24N4+2. The van der Waals surface area contributed by atoms with Crippen molar-refractivity contribution in [3.8, 4) is 0 Å². The maximum Gasteiger partial charge on any atom is 0.213 e. The molecule has 0 unspecified atom stereocenters. The molecule has 4 heteroatoms. The number of hydrogen-bond acceptors (Lipinski definition) is 2. The number of anilines is 2. The van der Waals surface area contributed by atoms with E-state index in [1.807, 2.05) is 0 Å². The molecular weight excluding hydrogens is 344 g/mol. The van der Waals surface area contributed by atoms with Gasteiger partial charge in [0.15, 0.2) is 11.4 Å². The first-order valence-corrected chi connectivity index (χ1v) is 9.90. The maximum atomic E-state index is 6.78. The topological polar surface area (TPSA) is 80.3 Å². The van der Waals surface area contributed by atoms with Gasteiger partial charge in [-0.2, -0.15) is 0 Å². The van der Waals surface area contributed by atoms with Crippen molar-refractivity contribution in [2.45, 2.75) is 37.5 Å². The summed E-state index contributed by atoms with van der Waals surface area (Å²) < 4.78 is 0. The average molecular weight is 368 g/mol. The van der Waals surface area contributed by atoms with Crippen molar-refractivity contribution in [3.05, 3.63) is 71.0 Å². The number of nitrogens with one attached hydrogen (secondary N) is 2. The van der Waals surface area contributed by atoms with E-state index < -0.39 is 0 Å². The van der Waals surface area contributed by atoms with Crippen molar-refractivity contribution in [2.24, 2.45) is 0 Å². The summed E-state index contributed by atoms with van der Waals surface area (Å²) in [5.74, 6) is 0. The van der Waals surface area contributed by atoms with Crippen LogP contribution in [0.15, 0.2) is 48.5 Å². The molecule has 2 heterocycles. The third-order valence-corrected chi connectivity index (χ3v) is 7.53. The summed E-state index contributed by atoms with van der Waals surface area (Å²) in [4.78, 5) is 7.37. The highest BCUT2D eigenvalue weighted by molar-refractivity contribution is 5.93. The van der Waals surface area contributed by atoms with Gasteiger partial charge in [-0.3, -0.25) is 0 Å². The minimum absolute atomic E-state index is 0.0999. The molecule has 0 fully saturated rings. The summed E-state index contributed by atoms with van der Waals surface area (Å²) in [7, 11) is 0. The van der Waals surface area contributed by atoms with Crippen LogP contribution in [0, 0.1) is 0 Å². The zero-order valence-electron chi connectivity index (χ0n) is 16.2. The number of hydrogen-bond donors (Lipinski definition) is 2. The van der Waals surface area contributed by atoms with Crippen LogP contribution in [0.4, 0.5) is 11.4 Å². The third kappa shape index (κ3) is 1.63. The molecule has 4 nitrogen and oxygen atoms in total. The van der Waals surface area contributed by atoms with E-state index in [2.05, 4.69) is 72.3 Å². The van der Waals surface area contributed by atoms with Crippen LogP contribution >= 0.6 is 0 Å². The van der Waals surface area contributed by atoms with Crippen LogP contribution in [-0.2, 0) is 23.7 Å². The molecule has 0 spiro atoms. The first-order valence-electron chi connectivity index (χ1n) is 9.90. The quantitative estimate of drug-likeness (QED) is 0.500. The standard InChI is InChI=1S/C24H22N4/c1-23-11-17-20(22(26)14-8-4-6-10-16(14)27-17)24(23,2)12-18-19(23)21(25)13-7-3-5-9-15(13)28-18/h3-10H,11-12H2,1-2H3,(H2,25,28)(H2,26,27)/p+2/t23-,24-/m0/s1. The molecule has 0 aliphatic heterocycles. The van der Waals surface area contributed by atoms with Gasteiger partial charge in [0.05, 0.1) is 33.3 Å². The lowest BCUT2D eigenvalue weighted by Crippen LogP contribution is -2.39. The van der Waals surface area contributed by atoms with Gasteiger partial charge in [0.25, 0.3) is 0 Å².